The monoisotopic (exact) mass is 261 g/mol. The first-order chi connectivity index (χ1) is 9.19. The maximum Gasteiger partial charge on any atom is 0.257 e. The lowest BCUT2D eigenvalue weighted by atomic mass is 10.2. The predicted molar refractivity (Wildman–Crippen MR) is 74.4 cm³/mol. The maximum absolute atomic E-state index is 4.36. The van der Waals surface area contributed by atoms with E-state index < -0.39 is 0 Å². The van der Waals surface area contributed by atoms with Crippen molar-refractivity contribution in [3.8, 4) is 5.95 Å². The highest BCUT2D eigenvalue weighted by Crippen LogP contribution is 2.09. The van der Waals surface area contributed by atoms with Crippen LogP contribution in [0.5, 0.6) is 0 Å². The zero-order chi connectivity index (χ0) is 13.7. The molecule has 0 saturated carbocycles. The van der Waals surface area contributed by atoms with Crippen molar-refractivity contribution in [1.29, 1.82) is 0 Å². The fourth-order valence-electron chi connectivity index (χ4n) is 1.47. The minimum atomic E-state index is 0.502. The average molecular weight is 261 g/mol. The molecule has 0 aromatic carbocycles. The van der Waals surface area contributed by atoms with Gasteiger partial charge in [-0.1, -0.05) is 13.8 Å². The van der Waals surface area contributed by atoms with Gasteiger partial charge in [-0.05, 0) is 18.9 Å². The number of hydrogen-bond acceptors (Lipinski definition) is 6. The summed E-state index contributed by atoms with van der Waals surface area (Å²) in [6, 6.07) is 1.83. The molecule has 0 saturated heterocycles. The van der Waals surface area contributed by atoms with E-state index in [0.717, 1.165) is 13.1 Å². The van der Waals surface area contributed by atoms with Gasteiger partial charge in [0, 0.05) is 25.5 Å². The molecule has 0 spiro atoms. The molecule has 7 nitrogen and oxygen atoms in total. The zero-order valence-corrected chi connectivity index (χ0v) is 11.5. The zero-order valence-electron chi connectivity index (χ0n) is 11.5. The van der Waals surface area contributed by atoms with E-state index in [9.17, 15) is 0 Å². The van der Waals surface area contributed by atoms with Gasteiger partial charge in [0.2, 0.25) is 11.9 Å². The molecule has 2 heterocycles. The van der Waals surface area contributed by atoms with Crippen molar-refractivity contribution in [2.75, 3.05) is 23.7 Å². The van der Waals surface area contributed by atoms with Gasteiger partial charge in [-0.15, -0.1) is 0 Å². The normalized spacial score (nSPS) is 10.7. The molecule has 19 heavy (non-hydrogen) atoms. The molecule has 0 radical (unpaired) electrons. The van der Waals surface area contributed by atoms with E-state index >= 15 is 0 Å². The van der Waals surface area contributed by atoms with Crippen molar-refractivity contribution < 1.29 is 0 Å². The van der Waals surface area contributed by atoms with Crippen LogP contribution in [0.3, 0.4) is 0 Å². The highest BCUT2D eigenvalue weighted by Gasteiger charge is 2.08. The Labute approximate surface area is 112 Å². The summed E-state index contributed by atoms with van der Waals surface area (Å²) in [6.45, 7) is 7.83. The summed E-state index contributed by atoms with van der Waals surface area (Å²) < 4.78 is 1.61. The van der Waals surface area contributed by atoms with Gasteiger partial charge in [0.15, 0.2) is 0 Å². The van der Waals surface area contributed by atoms with Gasteiger partial charge in [-0.25, -0.2) is 4.68 Å². The van der Waals surface area contributed by atoms with Crippen molar-refractivity contribution in [2.24, 2.45) is 5.92 Å². The molecule has 0 fully saturated rings. The largest absolute Gasteiger partial charge is 0.354 e. The van der Waals surface area contributed by atoms with Crippen LogP contribution in [0, 0.1) is 5.92 Å². The van der Waals surface area contributed by atoms with Crippen molar-refractivity contribution in [1.82, 2.24) is 24.7 Å². The number of nitrogens with zero attached hydrogens (tertiary/aromatic N) is 5. The topological polar surface area (TPSA) is 80.5 Å². The Kier molecular flexibility index (Phi) is 4.27. The van der Waals surface area contributed by atoms with Gasteiger partial charge < -0.3 is 10.6 Å². The van der Waals surface area contributed by atoms with E-state index in [2.05, 4.69) is 44.5 Å². The van der Waals surface area contributed by atoms with Crippen LogP contribution in [0.2, 0.25) is 0 Å². The standard InChI is InChI=1S/C12H19N7/c1-4-13-10-16-11(14-8-9(2)3)18-12(17-10)19-7-5-6-15-19/h5-7,9H,4,8H2,1-3H3,(H2,13,14,16,17,18). The first-order valence-corrected chi connectivity index (χ1v) is 6.43. The van der Waals surface area contributed by atoms with Gasteiger partial charge in [-0.3, -0.25) is 0 Å². The molecule has 0 aliphatic heterocycles. The lowest BCUT2D eigenvalue weighted by Crippen LogP contribution is -2.15. The SMILES string of the molecule is CCNc1nc(NCC(C)C)nc(-n2cccn2)n1. The van der Waals surface area contributed by atoms with Crippen LogP contribution in [0.15, 0.2) is 18.5 Å². The first-order valence-electron chi connectivity index (χ1n) is 6.43. The Bertz CT molecular complexity index is 507. The number of rotatable bonds is 6. The van der Waals surface area contributed by atoms with Crippen molar-refractivity contribution in [3.05, 3.63) is 18.5 Å². The lowest BCUT2D eigenvalue weighted by Gasteiger charge is -2.10. The molecule has 0 atom stereocenters. The van der Waals surface area contributed by atoms with Crippen molar-refractivity contribution >= 4 is 11.9 Å². The highest BCUT2D eigenvalue weighted by atomic mass is 15.4. The molecular formula is C12H19N7. The molecule has 102 valence electrons. The summed E-state index contributed by atoms with van der Waals surface area (Å²) in [4.78, 5) is 13.0. The van der Waals surface area contributed by atoms with E-state index in [1.807, 2.05) is 13.0 Å². The third kappa shape index (κ3) is 3.64. The Morgan fingerprint density at radius 1 is 1.16 bits per heavy atom. The second kappa shape index (κ2) is 6.12. The summed E-state index contributed by atoms with van der Waals surface area (Å²) in [5.41, 5.74) is 0. The third-order valence-electron chi connectivity index (χ3n) is 2.34. The maximum atomic E-state index is 4.36. The van der Waals surface area contributed by atoms with E-state index in [0.29, 0.717) is 23.8 Å². The van der Waals surface area contributed by atoms with Gasteiger partial charge in [0.1, 0.15) is 0 Å². The minimum Gasteiger partial charge on any atom is -0.354 e. The van der Waals surface area contributed by atoms with Crippen LogP contribution in [-0.4, -0.2) is 37.8 Å². The molecule has 2 aromatic rings. The molecule has 2 rings (SSSR count). The molecule has 2 N–H and O–H groups in total. The summed E-state index contributed by atoms with van der Waals surface area (Å²) in [7, 11) is 0. The van der Waals surface area contributed by atoms with Crippen LogP contribution < -0.4 is 10.6 Å². The number of anilines is 2. The Morgan fingerprint density at radius 3 is 2.47 bits per heavy atom. The molecule has 7 heteroatoms. The second-order valence-corrected chi connectivity index (χ2v) is 4.54. The molecule has 2 aromatic heterocycles. The molecule has 0 aliphatic rings. The quantitative estimate of drug-likeness (QED) is 0.821. The van der Waals surface area contributed by atoms with Crippen LogP contribution in [0.1, 0.15) is 20.8 Å². The number of hydrogen-bond donors (Lipinski definition) is 2. The third-order valence-corrected chi connectivity index (χ3v) is 2.34. The van der Waals surface area contributed by atoms with Gasteiger partial charge >= 0.3 is 0 Å². The fourth-order valence-corrected chi connectivity index (χ4v) is 1.47. The molecule has 0 bridgehead atoms. The summed E-state index contributed by atoms with van der Waals surface area (Å²) in [6.07, 6.45) is 3.50. The number of nitrogens with one attached hydrogen (secondary N) is 2. The average Bonchev–Trinajstić information content (AvgIpc) is 2.90. The number of aromatic nitrogens is 5. The highest BCUT2D eigenvalue weighted by molar-refractivity contribution is 5.37. The first kappa shape index (κ1) is 13.3. The molecule has 0 aliphatic carbocycles. The van der Waals surface area contributed by atoms with Gasteiger partial charge in [0.05, 0.1) is 0 Å². The minimum absolute atomic E-state index is 0.502. The summed E-state index contributed by atoms with van der Waals surface area (Å²) >= 11 is 0. The van der Waals surface area contributed by atoms with Crippen LogP contribution in [-0.2, 0) is 0 Å². The van der Waals surface area contributed by atoms with E-state index in [4.69, 9.17) is 0 Å². The van der Waals surface area contributed by atoms with Gasteiger partial charge in [0.25, 0.3) is 5.95 Å². The summed E-state index contributed by atoms with van der Waals surface area (Å²) in [5, 5.41) is 10.4. The van der Waals surface area contributed by atoms with Gasteiger partial charge in [-0.2, -0.15) is 20.1 Å². The Balaban J connectivity index is 2.27. The van der Waals surface area contributed by atoms with E-state index in [1.165, 1.54) is 0 Å². The van der Waals surface area contributed by atoms with Crippen molar-refractivity contribution in [3.63, 3.8) is 0 Å². The Hall–Kier alpha value is -2.18. The summed E-state index contributed by atoms with van der Waals surface area (Å²) in [5.74, 6) is 2.13. The predicted octanol–water partition coefficient (Wildman–Crippen LogP) is 1.56. The molecule has 0 unspecified atom stereocenters. The van der Waals surface area contributed by atoms with E-state index in [-0.39, 0.29) is 0 Å². The Morgan fingerprint density at radius 2 is 1.89 bits per heavy atom. The smallest absolute Gasteiger partial charge is 0.257 e. The van der Waals surface area contributed by atoms with E-state index in [1.54, 1.807) is 17.1 Å². The molecular weight excluding hydrogens is 242 g/mol. The fraction of sp³-hybridized carbons (Fsp3) is 0.500. The van der Waals surface area contributed by atoms with Crippen LogP contribution in [0.4, 0.5) is 11.9 Å². The molecule has 0 amide bonds. The van der Waals surface area contributed by atoms with Crippen molar-refractivity contribution in [2.45, 2.75) is 20.8 Å². The van der Waals surface area contributed by atoms with Crippen LogP contribution >= 0.6 is 0 Å². The second-order valence-electron chi connectivity index (χ2n) is 4.54. The van der Waals surface area contributed by atoms with Crippen LogP contribution in [0.25, 0.3) is 5.95 Å². The lowest BCUT2D eigenvalue weighted by molar-refractivity contribution is 0.682.